The zero-order chi connectivity index (χ0) is 25.4. The Hall–Kier alpha value is -3.86. The summed E-state index contributed by atoms with van der Waals surface area (Å²) in [6.45, 7) is 4.79. The summed E-state index contributed by atoms with van der Waals surface area (Å²) < 4.78 is 17.1. The molecular formula is C24H26N4O6S. The molecule has 0 bridgehead atoms. The van der Waals surface area contributed by atoms with Crippen LogP contribution >= 0.6 is 11.8 Å². The summed E-state index contributed by atoms with van der Waals surface area (Å²) in [6.07, 6.45) is 0. The van der Waals surface area contributed by atoms with E-state index < -0.39 is 11.9 Å². The van der Waals surface area contributed by atoms with E-state index in [9.17, 15) is 14.4 Å². The Morgan fingerprint density at radius 3 is 2.29 bits per heavy atom. The topological polar surface area (TPSA) is 122 Å². The highest BCUT2D eigenvalue weighted by molar-refractivity contribution is 7.99. The molecule has 2 aromatic carbocycles. The lowest BCUT2D eigenvalue weighted by Gasteiger charge is -2.10. The van der Waals surface area contributed by atoms with Crippen LogP contribution < -0.4 is 10.1 Å². The minimum Gasteiger partial charge on any atom is -0.486 e. The van der Waals surface area contributed by atoms with Gasteiger partial charge in [-0.2, -0.15) is 0 Å². The lowest BCUT2D eigenvalue weighted by atomic mass is 10.1. The molecule has 1 amide bonds. The monoisotopic (exact) mass is 498 g/mol. The predicted molar refractivity (Wildman–Crippen MR) is 130 cm³/mol. The van der Waals surface area contributed by atoms with Gasteiger partial charge >= 0.3 is 11.9 Å². The number of aromatic nitrogens is 3. The van der Waals surface area contributed by atoms with Crippen molar-refractivity contribution in [3.63, 3.8) is 0 Å². The molecule has 3 rings (SSSR count). The Kier molecular flexibility index (Phi) is 8.85. The number of amides is 1. The van der Waals surface area contributed by atoms with Gasteiger partial charge < -0.3 is 24.1 Å². The second-order valence-electron chi connectivity index (χ2n) is 7.37. The second kappa shape index (κ2) is 12.0. The van der Waals surface area contributed by atoms with Gasteiger partial charge in [-0.25, -0.2) is 9.59 Å². The molecule has 0 spiro atoms. The minimum absolute atomic E-state index is 0.0346. The molecule has 0 saturated heterocycles. The number of esters is 2. The maximum atomic E-state index is 12.6. The van der Waals surface area contributed by atoms with E-state index in [1.54, 1.807) is 0 Å². The average Bonchev–Trinajstić information content (AvgIpc) is 3.26. The first-order valence-corrected chi connectivity index (χ1v) is 11.7. The molecule has 0 aliphatic heterocycles. The van der Waals surface area contributed by atoms with Crippen molar-refractivity contribution in [3.8, 4) is 5.75 Å². The molecule has 0 fully saturated rings. The van der Waals surface area contributed by atoms with E-state index in [-0.39, 0.29) is 35.1 Å². The van der Waals surface area contributed by atoms with Crippen LogP contribution in [0.2, 0.25) is 0 Å². The van der Waals surface area contributed by atoms with Crippen LogP contribution in [0.5, 0.6) is 5.75 Å². The van der Waals surface area contributed by atoms with Gasteiger partial charge in [-0.1, -0.05) is 23.9 Å². The van der Waals surface area contributed by atoms with Gasteiger partial charge in [-0.15, -0.1) is 10.2 Å². The first-order chi connectivity index (χ1) is 16.8. The number of hydrogen-bond acceptors (Lipinski definition) is 9. The first-order valence-electron chi connectivity index (χ1n) is 10.7. The van der Waals surface area contributed by atoms with E-state index in [0.717, 1.165) is 11.3 Å². The summed E-state index contributed by atoms with van der Waals surface area (Å²) >= 11 is 1.21. The van der Waals surface area contributed by atoms with Crippen LogP contribution in [0.1, 0.15) is 39.0 Å². The summed E-state index contributed by atoms with van der Waals surface area (Å²) in [6, 6.07) is 11.9. The Morgan fingerprint density at radius 1 is 1.00 bits per heavy atom. The average molecular weight is 499 g/mol. The fraction of sp³-hybridized carbons (Fsp3) is 0.292. The lowest BCUT2D eigenvalue weighted by molar-refractivity contribution is -0.113. The van der Waals surface area contributed by atoms with Crippen molar-refractivity contribution < 1.29 is 28.6 Å². The van der Waals surface area contributed by atoms with Crippen molar-refractivity contribution in [2.45, 2.75) is 32.2 Å². The van der Waals surface area contributed by atoms with E-state index in [0.29, 0.717) is 17.5 Å². The van der Waals surface area contributed by atoms with E-state index in [1.807, 2.05) is 42.7 Å². The molecule has 1 N–H and O–H groups in total. The third-order valence-electron chi connectivity index (χ3n) is 4.86. The van der Waals surface area contributed by atoms with Crippen LogP contribution in [0.3, 0.4) is 0 Å². The predicted octanol–water partition coefficient (Wildman–Crippen LogP) is 3.49. The molecular weight excluding hydrogens is 472 g/mol. The molecule has 0 radical (unpaired) electrons. The summed E-state index contributed by atoms with van der Waals surface area (Å²) in [5, 5.41) is 11.6. The van der Waals surface area contributed by atoms with Crippen LogP contribution in [0.15, 0.2) is 47.6 Å². The fourth-order valence-electron chi connectivity index (χ4n) is 3.20. The molecule has 0 saturated carbocycles. The molecule has 11 heteroatoms. The SMILES string of the molecule is CCn1c(COc2cccc(C)c2)nnc1SCC(=O)Nc1cc(C(=O)OC)cc(C(=O)OC)c1. The highest BCUT2D eigenvalue weighted by atomic mass is 32.2. The molecule has 1 aromatic heterocycles. The number of rotatable bonds is 10. The van der Waals surface area contributed by atoms with Crippen molar-refractivity contribution in [2.75, 3.05) is 25.3 Å². The third kappa shape index (κ3) is 6.82. The van der Waals surface area contributed by atoms with Crippen LogP contribution in [0, 0.1) is 6.92 Å². The number of nitrogens with one attached hydrogen (secondary N) is 1. The summed E-state index contributed by atoms with van der Waals surface area (Å²) in [5.41, 5.74) is 1.59. The number of aryl methyl sites for hydroxylation is 1. The van der Waals surface area contributed by atoms with Gasteiger partial charge in [-0.05, 0) is 49.7 Å². The number of ether oxygens (including phenoxy) is 3. The van der Waals surface area contributed by atoms with E-state index >= 15 is 0 Å². The quantitative estimate of drug-likeness (QED) is 0.331. The molecule has 0 aliphatic carbocycles. The number of benzene rings is 2. The first kappa shape index (κ1) is 25.8. The van der Waals surface area contributed by atoms with Gasteiger partial charge in [0.2, 0.25) is 5.91 Å². The largest absolute Gasteiger partial charge is 0.486 e. The number of methoxy groups -OCH3 is 2. The standard InChI is InChI=1S/C24H26N4O6S/c1-5-28-20(13-34-19-8-6-7-15(2)9-19)26-27-24(28)35-14-21(29)25-18-11-16(22(30)32-3)10-17(12-18)23(31)33-4/h6-12H,5,13-14H2,1-4H3,(H,25,29). The van der Waals surface area contributed by atoms with Crippen molar-refractivity contribution in [1.82, 2.24) is 14.8 Å². The van der Waals surface area contributed by atoms with Crippen LogP contribution in [0.25, 0.3) is 0 Å². The summed E-state index contributed by atoms with van der Waals surface area (Å²) in [5.74, 6) is -0.215. The molecule has 1 heterocycles. The van der Waals surface area contributed by atoms with Gasteiger partial charge in [-0.3, -0.25) is 4.79 Å². The molecule has 184 valence electrons. The van der Waals surface area contributed by atoms with Gasteiger partial charge in [0, 0.05) is 12.2 Å². The maximum Gasteiger partial charge on any atom is 0.337 e. The smallest absolute Gasteiger partial charge is 0.337 e. The van der Waals surface area contributed by atoms with Crippen LogP contribution in [-0.4, -0.2) is 52.6 Å². The van der Waals surface area contributed by atoms with Gasteiger partial charge in [0.1, 0.15) is 12.4 Å². The second-order valence-corrected chi connectivity index (χ2v) is 8.31. The Morgan fingerprint density at radius 2 is 1.69 bits per heavy atom. The van der Waals surface area contributed by atoms with Gasteiger partial charge in [0.15, 0.2) is 11.0 Å². The lowest BCUT2D eigenvalue weighted by Crippen LogP contribution is -2.16. The number of thioether (sulfide) groups is 1. The van der Waals surface area contributed by atoms with E-state index in [4.69, 9.17) is 14.2 Å². The Balaban J connectivity index is 1.65. The van der Waals surface area contributed by atoms with E-state index in [1.165, 1.54) is 44.2 Å². The molecule has 0 unspecified atom stereocenters. The molecule has 3 aromatic rings. The normalized spacial score (nSPS) is 10.5. The molecule has 10 nitrogen and oxygen atoms in total. The Labute approximate surface area is 207 Å². The van der Waals surface area contributed by atoms with Crippen molar-refractivity contribution >= 4 is 35.3 Å². The van der Waals surface area contributed by atoms with Crippen LogP contribution in [-0.2, 0) is 27.4 Å². The third-order valence-corrected chi connectivity index (χ3v) is 5.83. The van der Waals surface area contributed by atoms with Gasteiger partial charge in [0.25, 0.3) is 0 Å². The van der Waals surface area contributed by atoms with Crippen molar-refractivity contribution in [1.29, 1.82) is 0 Å². The number of hydrogen-bond donors (Lipinski definition) is 1. The summed E-state index contributed by atoms with van der Waals surface area (Å²) in [7, 11) is 2.46. The molecule has 35 heavy (non-hydrogen) atoms. The summed E-state index contributed by atoms with van der Waals surface area (Å²) in [4.78, 5) is 36.5. The number of anilines is 1. The number of nitrogens with zero attached hydrogens (tertiary/aromatic N) is 3. The molecule has 0 aliphatic rings. The number of carbonyl (C=O) groups is 3. The maximum absolute atomic E-state index is 12.6. The van der Waals surface area contributed by atoms with Crippen molar-refractivity contribution in [2.24, 2.45) is 0 Å². The van der Waals surface area contributed by atoms with Crippen molar-refractivity contribution in [3.05, 3.63) is 65.0 Å². The molecule has 0 atom stereocenters. The zero-order valence-electron chi connectivity index (χ0n) is 19.9. The minimum atomic E-state index is -0.642. The highest BCUT2D eigenvalue weighted by Gasteiger charge is 2.17. The zero-order valence-corrected chi connectivity index (χ0v) is 20.7. The Bertz CT molecular complexity index is 1190. The van der Waals surface area contributed by atoms with E-state index in [2.05, 4.69) is 15.5 Å². The highest BCUT2D eigenvalue weighted by Crippen LogP contribution is 2.21. The number of carbonyl (C=O) groups excluding carboxylic acids is 3. The fourth-order valence-corrected chi connectivity index (χ4v) is 4.02. The van der Waals surface area contributed by atoms with Crippen LogP contribution in [0.4, 0.5) is 5.69 Å². The van der Waals surface area contributed by atoms with Gasteiger partial charge in [0.05, 0.1) is 31.1 Å².